The number of likely N-dealkylation sites (N-methyl/N-ethyl adjacent to an activating group) is 2. The molecule has 0 spiro atoms. The summed E-state index contributed by atoms with van der Waals surface area (Å²) >= 11 is 0. The summed E-state index contributed by atoms with van der Waals surface area (Å²) in [6.07, 6.45) is 2.58. The maximum Gasteiger partial charge on any atom is 0.242 e. The van der Waals surface area contributed by atoms with Crippen LogP contribution in [0.5, 0.6) is 0 Å². The van der Waals surface area contributed by atoms with Crippen molar-refractivity contribution >= 4 is 11.6 Å². The van der Waals surface area contributed by atoms with Crippen LogP contribution < -0.4 is 10.2 Å². The molecule has 1 N–H and O–H groups in total. The van der Waals surface area contributed by atoms with Crippen LogP contribution in [0.15, 0.2) is 24.3 Å². The van der Waals surface area contributed by atoms with Crippen molar-refractivity contribution in [1.82, 2.24) is 10.2 Å². The molecule has 1 aromatic carbocycles. The zero-order valence-corrected chi connectivity index (χ0v) is 13.4. The summed E-state index contributed by atoms with van der Waals surface area (Å²) in [5.41, 5.74) is 2.41. The number of para-hydroxylation sites is 1. The van der Waals surface area contributed by atoms with Crippen LogP contribution >= 0.6 is 0 Å². The van der Waals surface area contributed by atoms with Crippen LogP contribution in [0.4, 0.5) is 5.69 Å². The molecular formula is C17H27N3O. The van der Waals surface area contributed by atoms with E-state index in [0.717, 1.165) is 25.3 Å². The molecule has 0 saturated heterocycles. The first-order chi connectivity index (χ1) is 10.2. The van der Waals surface area contributed by atoms with Crippen LogP contribution in [0.2, 0.25) is 0 Å². The van der Waals surface area contributed by atoms with E-state index in [-0.39, 0.29) is 5.91 Å². The van der Waals surface area contributed by atoms with E-state index in [4.69, 9.17) is 0 Å². The molecule has 0 aromatic heterocycles. The van der Waals surface area contributed by atoms with Gasteiger partial charge >= 0.3 is 0 Å². The van der Waals surface area contributed by atoms with E-state index in [2.05, 4.69) is 28.4 Å². The third-order valence-corrected chi connectivity index (χ3v) is 4.05. The minimum Gasteiger partial charge on any atom is -0.365 e. The Hall–Kier alpha value is -1.55. The van der Waals surface area contributed by atoms with Gasteiger partial charge in [0, 0.05) is 38.4 Å². The Morgan fingerprint density at radius 2 is 1.90 bits per heavy atom. The molecule has 2 rings (SSSR count). The van der Waals surface area contributed by atoms with Gasteiger partial charge < -0.3 is 15.1 Å². The van der Waals surface area contributed by atoms with Crippen LogP contribution in [0.25, 0.3) is 0 Å². The first-order valence-corrected chi connectivity index (χ1v) is 7.95. The predicted octanol–water partition coefficient (Wildman–Crippen LogP) is 2.24. The molecule has 1 aliphatic carbocycles. The van der Waals surface area contributed by atoms with E-state index in [0.29, 0.717) is 12.6 Å². The first-order valence-electron chi connectivity index (χ1n) is 7.95. The van der Waals surface area contributed by atoms with Gasteiger partial charge in [-0.2, -0.15) is 0 Å². The second-order valence-corrected chi connectivity index (χ2v) is 5.71. The molecule has 0 heterocycles. The molecule has 4 heteroatoms. The number of carbonyl (C=O) groups is 1. The minimum atomic E-state index is 0.187. The van der Waals surface area contributed by atoms with Gasteiger partial charge in [-0.1, -0.05) is 18.2 Å². The highest BCUT2D eigenvalue weighted by atomic mass is 16.2. The summed E-state index contributed by atoms with van der Waals surface area (Å²) in [5.74, 6) is 0.187. The highest BCUT2D eigenvalue weighted by Gasteiger charge is 2.21. The van der Waals surface area contributed by atoms with Crippen molar-refractivity contribution in [3.63, 3.8) is 0 Å². The lowest BCUT2D eigenvalue weighted by atomic mass is 10.1. The van der Waals surface area contributed by atoms with Gasteiger partial charge in [0.05, 0.1) is 6.54 Å². The van der Waals surface area contributed by atoms with E-state index < -0.39 is 0 Å². The average Bonchev–Trinajstić information content (AvgIpc) is 3.31. The standard InChI is InChI=1S/C17H27N3O/c1-4-20(5-2)17(21)13-19(3)16-9-7-6-8-14(16)12-18-15-10-11-15/h6-9,15,18H,4-5,10-13H2,1-3H3. The quantitative estimate of drug-likeness (QED) is 0.797. The van der Waals surface area contributed by atoms with Crippen molar-refractivity contribution < 1.29 is 4.79 Å². The van der Waals surface area contributed by atoms with Crippen LogP contribution in [0.3, 0.4) is 0 Å². The van der Waals surface area contributed by atoms with Crippen molar-refractivity contribution in [3.05, 3.63) is 29.8 Å². The molecule has 1 fully saturated rings. The smallest absolute Gasteiger partial charge is 0.242 e. The summed E-state index contributed by atoms with van der Waals surface area (Å²) in [5, 5.41) is 3.54. The van der Waals surface area contributed by atoms with Gasteiger partial charge in [0.25, 0.3) is 0 Å². The number of amides is 1. The number of hydrogen-bond donors (Lipinski definition) is 1. The molecule has 0 unspecified atom stereocenters. The van der Waals surface area contributed by atoms with Gasteiger partial charge in [-0.05, 0) is 38.3 Å². The molecule has 0 atom stereocenters. The fraction of sp³-hybridized carbons (Fsp3) is 0.588. The van der Waals surface area contributed by atoms with Crippen molar-refractivity contribution in [2.45, 2.75) is 39.3 Å². The summed E-state index contributed by atoms with van der Waals surface area (Å²) < 4.78 is 0. The monoisotopic (exact) mass is 289 g/mol. The lowest BCUT2D eigenvalue weighted by molar-refractivity contribution is -0.129. The zero-order chi connectivity index (χ0) is 15.2. The van der Waals surface area contributed by atoms with Crippen molar-refractivity contribution in [2.75, 3.05) is 31.6 Å². The van der Waals surface area contributed by atoms with Crippen molar-refractivity contribution in [3.8, 4) is 0 Å². The lowest BCUT2D eigenvalue weighted by Crippen LogP contribution is -2.39. The number of nitrogens with one attached hydrogen (secondary N) is 1. The number of nitrogens with zero attached hydrogens (tertiary/aromatic N) is 2. The maximum atomic E-state index is 12.2. The van der Waals surface area contributed by atoms with Gasteiger partial charge in [0.15, 0.2) is 0 Å². The zero-order valence-electron chi connectivity index (χ0n) is 13.4. The lowest BCUT2D eigenvalue weighted by Gasteiger charge is -2.26. The van der Waals surface area contributed by atoms with Crippen molar-refractivity contribution in [1.29, 1.82) is 0 Å². The fourth-order valence-electron chi connectivity index (χ4n) is 2.54. The van der Waals surface area contributed by atoms with E-state index in [9.17, 15) is 4.79 Å². The summed E-state index contributed by atoms with van der Waals surface area (Å²) in [6.45, 7) is 6.90. The Morgan fingerprint density at radius 3 is 2.52 bits per heavy atom. The molecule has 21 heavy (non-hydrogen) atoms. The van der Waals surface area contributed by atoms with Gasteiger partial charge in [-0.3, -0.25) is 4.79 Å². The molecule has 0 radical (unpaired) electrons. The highest BCUT2D eigenvalue weighted by molar-refractivity contribution is 5.81. The Bertz CT molecular complexity index is 467. The Labute approximate surface area is 128 Å². The molecule has 4 nitrogen and oxygen atoms in total. The Kier molecular flexibility index (Phi) is 5.62. The topological polar surface area (TPSA) is 35.6 Å². The number of carbonyl (C=O) groups excluding carboxylic acids is 1. The molecule has 0 aliphatic heterocycles. The largest absolute Gasteiger partial charge is 0.365 e. The minimum absolute atomic E-state index is 0.187. The van der Waals surface area contributed by atoms with Gasteiger partial charge in [-0.15, -0.1) is 0 Å². The van der Waals surface area contributed by atoms with Gasteiger partial charge in [0.1, 0.15) is 0 Å². The molecule has 1 saturated carbocycles. The number of benzene rings is 1. The average molecular weight is 289 g/mol. The number of anilines is 1. The Morgan fingerprint density at radius 1 is 1.24 bits per heavy atom. The molecule has 116 valence electrons. The van der Waals surface area contributed by atoms with E-state index in [1.54, 1.807) is 0 Å². The third-order valence-electron chi connectivity index (χ3n) is 4.05. The van der Waals surface area contributed by atoms with Crippen molar-refractivity contribution in [2.24, 2.45) is 0 Å². The van der Waals surface area contributed by atoms with Crippen LogP contribution in [-0.2, 0) is 11.3 Å². The molecular weight excluding hydrogens is 262 g/mol. The van der Waals surface area contributed by atoms with E-state index >= 15 is 0 Å². The molecule has 1 amide bonds. The normalized spacial score (nSPS) is 14.0. The van der Waals surface area contributed by atoms with E-state index in [1.807, 2.05) is 31.9 Å². The maximum absolute atomic E-state index is 12.2. The second-order valence-electron chi connectivity index (χ2n) is 5.71. The second kappa shape index (κ2) is 7.46. The summed E-state index contributed by atoms with van der Waals surface area (Å²) in [7, 11) is 2.00. The fourth-order valence-corrected chi connectivity index (χ4v) is 2.54. The number of rotatable bonds is 8. The summed E-state index contributed by atoms with van der Waals surface area (Å²) in [4.78, 5) is 16.2. The highest BCUT2D eigenvalue weighted by Crippen LogP contribution is 2.23. The van der Waals surface area contributed by atoms with Gasteiger partial charge in [-0.25, -0.2) is 0 Å². The third kappa shape index (κ3) is 4.46. The predicted molar refractivity (Wildman–Crippen MR) is 87.5 cm³/mol. The van der Waals surface area contributed by atoms with Crippen LogP contribution in [0.1, 0.15) is 32.3 Å². The van der Waals surface area contributed by atoms with Crippen LogP contribution in [-0.4, -0.2) is 43.5 Å². The van der Waals surface area contributed by atoms with Crippen LogP contribution in [0, 0.1) is 0 Å². The Balaban J connectivity index is 2.00. The van der Waals surface area contributed by atoms with E-state index in [1.165, 1.54) is 18.4 Å². The van der Waals surface area contributed by atoms with Gasteiger partial charge in [0.2, 0.25) is 5.91 Å². The molecule has 0 bridgehead atoms. The SMILES string of the molecule is CCN(CC)C(=O)CN(C)c1ccccc1CNC1CC1. The number of hydrogen-bond acceptors (Lipinski definition) is 3. The summed E-state index contributed by atoms with van der Waals surface area (Å²) in [6, 6.07) is 9.03. The molecule has 1 aromatic rings. The molecule has 1 aliphatic rings. The first kappa shape index (κ1) is 15.8.